The van der Waals surface area contributed by atoms with E-state index in [-0.39, 0.29) is 0 Å². The molecule has 0 radical (unpaired) electrons. The third-order valence-electron chi connectivity index (χ3n) is 1.83. The minimum absolute atomic E-state index is 0.838. The van der Waals surface area contributed by atoms with Crippen molar-refractivity contribution in [1.29, 1.82) is 0 Å². The first-order chi connectivity index (χ1) is 7.58. The predicted octanol–water partition coefficient (Wildman–Crippen LogP) is 2.19. The second-order valence-corrected chi connectivity index (χ2v) is 3.49. The lowest BCUT2D eigenvalue weighted by atomic mass is 10.4. The molecule has 0 amide bonds. The van der Waals surface area contributed by atoms with Gasteiger partial charge in [0.1, 0.15) is 11.6 Å². The highest BCUT2D eigenvalue weighted by atomic mass is 14.9. The van der Waals surface area contributed by atoms with Crippen LogP contribution in [0.25, 0.3) is 0 Å². The third kappa shape index (κ3) is 4.59. The highest BCUT2D eigenvalue weighted by molar-refractivity contribution is 4.98. The molecule has 2 heterocycles. The van der Waals surface area contributed by atoms with Crippen molar-refractivity contribution in [3.8, 4) is 0 Å². The van der Waals surface area contributed by atoms with Gasteiger partial charge in [0, 0.05) is 23.8 Å². The average molecular weight is 216 g/mol. The molecule has 16 heavy (non-hydrogen) atoms. The van der Waals surface area contributed by atoms with Crippen LogP contribution in [0, 0.1) is 27.7 Å². The number of aryl methyl sites for hydroxylation is 4. The first kappa shape index (κ1) is 12.2. The van der Waals surface area contributed by atoms with E-state index < -0.39 is 0 Å². The average Bonchev–Trinajstić information content (AvgIpc) is 2.17. The summed E-state index contributed by atoms with van der Waals surface area (Å²) in [6, 6.07) is 3.76. The summed E-state index contributed by atoms with van der Waals surface area (Å²) in [7, 11) is 0. The van der Waals surface area contributed by atoms with Crippen molar-refractivity contribution in [2.75, 3.05) is 0 Å². The topological polar surface area (TPSA) is 51.6 Å². The number of rotatable bonds is 0. The van der Waals surface area contributed by atoms with Gasteiger partial charge in [0.25, 0.3) is 0 Å². The van der Waals surface area contributed by atoms with Gasteiger partial charge in [-0.1, -0.05) is 0 Å². The smallest absolute Gasteiger partial charge is 0.125 e. The third-order valence-corrected chi connectivity index (χ3v) is 1.83. The molecule has 0 aliphatic rings. The summed E-state index contributed by atoms with van der Waals surface area (Å²) in [6.07, 6.45) is 3.52. The van der Waals surface area contributed by atoms with E-state index in [9.17, 15) is 0 Å². The summed E-state index contributed by atoms with van der Waals surface area (Å²) in [5, 5.41) is 0. The minimum atomic E-state index is 0.838. The van der Waals surface area contributed by atoms with Gasteiger partial charge in [-0.15, -0.1) is 0 Å². The molecule has 2 rings (SSSR count). The Balaban J connectivity index is 0.000000160. The normalized spacial score (nSPS) is 9.25. The lowest BCUT2D eigenvalue weighted by Crippen LogP contribution is -1.86. The molecule has 0 saturated carbocycles. The van der Waals surface area contributed by atoms with E-state index >= 15 is 0 Å². The van der Waals surface area contributed by atoms with Crippen molar-refractivity contribution in [3.63, 3.8) is 0 Å². The lowest BCUT2D eigenvalue weighted by Gasteiger charge is -1.89. The fraction of sp³-hybridized carbons (Fsp3) is 0.333. The Morgan fingerprint density at radius 2 is 1.06 bits per heavy atom. The van der Waals surface area contributed by atoms with Gasteiger partial charge >= 0.3 is 0 Å². The summed E-state index contributed by atoms with van der Waals surface area (Å²) >= 11 is 0. The van der Waals surface area contributed by atoms with Gasteiger partial charge in [-0.05, 0) is 39.8 Å². The molecule has 0 aliphatic heterocycles. The highest BCUT2D eigenvalue weighted by Crippen LogP contribution is 1.89. The van der Waals surface area contributed by atoms with Crippen LogP contribution in [0.4, 0.5) is 0 Å². The molecule has 0 aliphatic carbocycles. The van der Waals surface area contributed by atoms with Crippen LogP contribution in [-0.4, -0.2) is 19.9 Å². The first-order valence-corrected chi connectivity index (χ1v) is 5.10. The van der Waals surface area contributed by atoms with Crippen LogP contribution in [0.3, 0.4) is 0 Å². The van der Waals surface area contributed by atoms with Gasteiger partial charge in [0.2, 0.25) is 0 Å². The van der Waals surface area contributed by atoms with Gasteiger partial charge in [0.15, 0.2) is 0 Å². The molecule has 4 heteroatoms. The first-order valence-electron chi connectivity index (χ1n) is 5.10. The Morgan fingerprint density at radius 1 is 0.688 bits per heavy atom. The van der Waals surface area contributed by atoms with Crippen LogP contribution < -0.4 is 0 Å². The largest absolute Gasteiger partial charge is 0.242 e. The standard InChI is InChI=1S/2C6H8N2/c2*1-5-3-4-7-6(2)8-5/h2*3-4H,1-2H3. The molecule has 0 unspecified atom stereocenters. The van der Waals surface area contributed by atoms with Crippen LogP contribution in [0.1, 0.15) is 23.0 Å². The van der Waals surface area contributed by atoms with Gasteiger partial charge in [-0.25, -0.2) is 19.9 Å². The predicted molar refractivity (Wildman–Crippen MR) is 63.0 cm³/mol. The second-order valence-electron chi connectivity index (χ2n) is 3.49. The van der Waals surface area contributed by atoms with Crippen LogP contribution in [-0.2, 0) is 0 Å². The van der Waals surface area contributed by atoms with Crippen LogP contribution in [0.15, 0.2) is 24.5 Å². The van der Waals surface area contributed by atoms with Gasteiger partial charge < -0.3 is 0 Å². The molecule has 0 aromatic carbocycles. The van der Waals surface area contributed by atoms with E-state index in [0.29, 0.717) is 0 Å². The molecule has 84 valence electrons. The van der Waals surface area contributed by atoms with Crippen molar-refractivity contribution in [2.45, 2.75) is 27.7 Å². The van der Waals surface area contributed by atoms with Gasteiger partial charge in [-0.3, -0.25) is 0 Å². The highest BCUT2D eigenvalue weighted by Gasteiger charge is 1.84. The number of nitrogens with zero attached hydrogens (tertiary/aromatic N) is 4. The molecular weight excluding hydrogens is 200 g/mol. The van der Waals surface area contributed by atoms with Crippen molar-refractivity contribution < 1.29 is 0 Å². The molecule has 0 fully saturated rings. The molecule has 2 aromatic heterocycles. The Kier molecular flexibility index (Phi) is 4.51. The van der Waals surface area contributed by atoms with E-state index in [4.69, 9.17) is 0 Å². The number of hydrogen-bond acceptors (Lipinski definition) is 4. The molecular formula is C12H16N4. The van der Waals surface area contributed by atoms with Crippen LogP contribution >= 0.6 is 0 Å². The summed E-state index contributed by atoms with van der Waals surface area (Å²) < 4.78 is 0. The molecule has 0 bridgehead atoms. The maximum absolute atomic E-state index is 4.06. The second kappa shape index (κ2) is 5.90. The Bertz CT molecular complexity index is 376. The molecule has 0 atom stereocenters. The maximum atomic E-state index is 4.06. The van der Waals surface area contributed by atoms with Crippen molar-refractivity contribution >= 4 is 0 Å². The number of hydrogen-bond donors (Lipinski definition) is 0. The SMILES string of the molecule is Cc1ccnc(C)n1.Cc1ccnc(C)n1. The molecule has 0 spiro atoms. The molecule has 4 nitrogen and oxygen atoms in total. The lowest BCUT2D eigenvalue weighted by molar-refractivity contribution is 1.01. The van der Waals surface area contributed by atoms with Crippen molar-refractivity contribution in [1.82, 2.24) is 19.9 Å². The summed E-state index contributed by atoms with van der Waals surface area (Å²) in [4.78, 5) is 16.0. The Morgan fingerprint density at radius 3 is 1.25 bits per heavy atom. The Hall–Kier alpha value is -1.84. The summed E-state index contributed by atoms with van der Waals surface area (Å²) in [5.74, 6) is 1.68. The fourth-order valence-electron chi connectivity index (χ4n) is 1.15. The zero-order valence-electron chi connectivity index (χ0n) is 10.1. The zero-order valence-corrected chi connectivity index (χ0v) is 10.1. The van der Waals surface area contributed by atoms with E-state index in [2.05, 4.69) is 19.9 Å². The quantitative estimate of drug-likeness (QED) is 0.677. The van der Waals surface area contributed by atoms with Gasteiger partial charge in [-0.2, -0.15) is 0 Å². The summed E-state index contributed by atoms with van der Waals surface area (Å²) in [5.41, 5.74) is 2.05. The van der Waals surface area contributed by atoms with Crippen LogP contribution in [0.2, 0.25) is 0 Å². The summed E-state index contributed by atoms with van der Waals surface area (Å²) in [6.45, 7) is 7.67. The van der Waals surface area contributed by atoms with Crippen molar-refractivity contribution in [3.05, 3.63) is 47.6 Å². The Labute approximate surface area is 95.8 Å². The minimum Gasteiger partial charge on any atom is -0.242 e. The van der Waals surface area contributed by atoms with E-state index in [1.807, 2.05) is 39.8 Å². The molecule has 0 saturated heterocycles. The van der Waals surface area contributed by atoms with Gasteiger partial charge in [0.05, 0.1) is 0 Å². The van der Waals surface area contributed by atoms with E-state index in [1.165, 1.54) is 0 Å². The molecule has 0 N–H and O–H groups in total. The zero-order chi connectivity index (χ0) is 12.0. The maximum Gasteiger partial charge on any atom is 0.125 e. The monoisotopic (exact) mass is 216 g/mol. The van der Waals surface area contributed by atoms with E-state index in [1.54, 1.807) is 12.4 Å². The van der Waals surface area contributed by atoms with Crippen molar-refractivity contribution in [2.24, 2.45) is 0 Å². The molecule has 2 aromatic rings. The fourth-order valence-corrected chi connectivity index (χ4v) is 1.15. The van der Waals surface area contributed by atoms with Crippen LogP contribution in [0.5, 0.6) is 0 Å². The van der Waals surface area contributed by atoms with E-state index in [0.717, 1.165) is 23.0 Å². The number of aromatic nitrogens is 4.